The number of hydrogen-bond donors (Lipinski definition) is 1. The molecule has 0 radical (unpaired) electrons. The molecule has 0 saturated carbocycles. The average Bonchev–Trinajstić information content (AvgIpc) is 2.22. The van der Waals surface area contributed by atoms with Crippen LogP contribution in [-0.4, -0.2) is 19.0 Å². The van der Waals surface area contributed by atoms with Crippen LogP contribution in [0.4, 0.5) is 5.69 Å². The van der Waals surface area contributed by atoms with Crippen LogP contribution in [0.2, 0.25) is 0 Å². The Kier molecular flexibility index (Phi) is 4.16. The van der Waals surface area contributed by atoms with Gasteiger partial charge in [-0.15, -0.1) is 0 Å². The third kappa shape index (κ3) is 2.72. The molecule has 1 rings (SSSR count). The zero-order valence-corrected chi connectivity index (χ0v) is 9.70. The van der Waals surface area contributed by atoms with Crippen molar-refractivity contribution in [2.24, 2.45) is 10.7 Å². The van der Waals surface area contributed by atoms with E-state index in [4.69, 9.17) is 5.73 Å². The van der Waals surface area contributed by atoms with Crippen molar-refractivity contribution in [3.8, 4) is 0 Å². The molecule has 1 aromatic rings. The summed E-state index contributed by atoms with van der Waals surface area (Å²) in [6.07, 6.45) is 0. The lowest BCUT2D eigenvalue weighted by Crippen LogP contribution is -2.37. The molecule has 0 aliphatic carbocycles. The highest BCUT2D eigenvalue weighted by molar-refractivity contribution is 5.95. The Labute approximate surface area is 91.6 Å². The number of guanidine groups is 1. The van der Waals surface area contributed by atoms with Crippen LogP contribution in [0.15, 0.2) is 29.3 Å². The highest BCUT2D eigenvalue weighted by atomic mass is 15.2. The van der Waals surface area contributed by atoms with Crippen LogP contribution in [-0.2, 0) is 0 Å². The summed E-state index contributed by atoms with van der Waals surface area (Å²) in [5.41, 5.74) is 8.27. The molecular weight excluding hydrogens is 186 g/mol. The first kappa shape index (κ1) is 11.6. The number of aryl methyl sites for hydroxylation is 1. The first-order valence-electron chi connectivity index (χ1n) is 5.33. The SMILES string of the molecule is CCN=C(N)N(CC)c1ccccc1C. The van der Waals surface area contributed by atoms with Crippen LogP contribution in [0.1, 0.15) is 19.4 Å². The number of rotatable bonds is 3. The summed E-state index contributed by atoms with van der Waals surface area (Å²) in [5, 5.41) is 0. The lowest BCUT2D eigenvalue weighted by molar-refractivity contribution is 1.00. The maximum absolute atomic E-state index is 5.92. The minimum atomic E-state index is 0.592. The highest BCUT2D eigenvalue weighted by Crippen LogP contribution is 2.18. The topological polar surface area (TPSA) is 41.6 Å². The van der Waals surface area contributed by atoms with Crippen molar-refractivity contribution in [3.63, 3.8) is 0 Å². The molecule has 0 spiro atoms. The average molecular weight is 205 g/mol. The van der Waals surface area contributed by atoms with Gasteiger partial charge >= 0.3 is 0 Å². The van der Waals surface area contributed by atoms with E-state index in [1.165, 1.54) is 5.56 Å². The van der Waals surface area contributed by atoms with Gasteiger partial charge in [-0.2, -0.15) is 0 Å². The van der Waals surface area contributed by atoms with Crippen molar-refractivity contribution in [2.75, 3.05) is 18.0 Å². The van der Waals surface area contributed by atoms with Gasteiger partial charge in [0.1, 0.15) is 0 Å². The number of aliphatic imine (C=N–C) groups is 1. The molecule has 0 unspecified atom stereocenters. The monoisotopic (exact) mass is 205 g/mol. The number of nitrogens with zero attached hydrogens (tertiary/aromatic N) is 2. The molecule has 0 fully saturated rings. The van der Waals surface area contributed by atoms with Crippen molar-refractivity contribution >= 4 is 11.6 Å². The summed E-state index contributed by atoms with van der Waals surface area (Å²) >= 11 is 0. The van der Waals surface area contributed by atoms with E-state index in [1.54, 1.807) is 0 Å². The minimum Gasteiger partial charge on any atom is -0.370 e. The van der Waals surface area contributed by atoms with Crippen LogP contribution >= 0.6 is 0 Å². The summed E-state index contributed by atoms with van der Waals surface area (Å²) in [6, 6.07) is 8.19. The summed E-state index contributed by atoms with van der Waals surface area (Å²) < 4.78 is 0. The number of anilines is 1. The molecule has 1 aromatic carbocycles. The number of para-hydroxylation sites is 1. The Morgan fingerprint density at radius 3 is 2.53 bits per heavy atom. The molecule has 82 valence electrons. The van der Waals surface area contributed by atoms with Gasteiger partial charge in [0.25, 0.3) is 0 Å². The van der Waals surface area contributed by atoms with Gasteiger partial charge < -0.3 is 10.6 Å². The summed E-state index contributed by atoms with van der Waals surface area (Å²) in [7, 11) is 0. The van der Waals surface area contributed by atoms with Gasteiger partial charge in [-0.05, 0) is 32.4 Å². The van der Waals surface area contributed by atoms with Gasteiger partial charge in [-0.3, -0.25) is 4.99 Å². The number of hydrogen-bond acceptors (Lipinski definition) is 1. The fourth-order valence-corrected chi connectivity index (χ4v) is 1.57. The molecule has 0 aromatic heterocycles. The predicted molar refractivity (Wildman–Crippen MR) is 66.4 cm³/mol. The standard InChI is InChI=1S/C12H19N3/c1-4-14-12(13)15(5-2)11-9-7-6-8-10(11)3/h6-9H,4-5H2,1-3H3,(H2,13,14). The van der Waals surface area contributed by atoms with Crippen molar-refractivity contribution in [1.82, 2.24) is 0 Å². The molecule has 0 aliphatic rings. The number of benzene rings is 1. The van der Waals surface area contributed by atoms with Gasteiger partial charge in [-0.25, -0.2) is 0 Å². The van der Waals surface area contributed by atoms with Gasteiger partial charge in [0.2, 0.25) is 0 Å². The van der Waals surface area contributed by atoms with Crippen molar-refractivity contribution < 1.29 is 0 Å². The minimum absolute atomic E-state index is 0.592. The summed E-state index contributed by atoms with van der Waals surface area (Å²) in [5.74, 6) is 0.592. The first-order chi connectivity index (χ1) is 7.20. The van der Waals surface area contributed by atoms with Gasteiger partial charge in [-0.1, -0.05) is 18.2 Å². The fraction of sp³-hybridized carbons (Fsp3) is 0.417. The first-order valence-corrected chi connectivity index (χ1v) is 5.33. The second-order valence-electron chi connectivity index (χ2n) is 3.36. The smallest absolute Gasteiger partial charge is 0.195 e. The van der Waals surface area contributed by atoms with Crippen LogP contribution < -0.4 is 10.6 Å². The molecule has 0 aliphatic heterocycles. The predicted octanol–water partition coefficient (Wildman–Crippen LogP) is 2.16. The maximum Gasteiger partial charge on any atom is 0.195 e. The van der Waals surface area contributed by atoms with Crippen molar-refractivity contribution in [1.29, 1.82) is 0 Å². The zero-order valence-electron chi connectivity index (χ0n) is 9.70. The van der Waals surface area contributed by atoms with E-state index in [9.17, 15) is 0 Å². The van der Waals surface area contributed by atoms with Crippen LogP contribution in [0.25, 0.3) is 0 Å². The Hall–Kier alpha value is -1.51. The lowest BCUT2D eigenvalue weighted by atomic mass is 10.2. The van der Waals surface area contributed by atoms with E-state index in [0.29, 0.717) is 12.5 Å². The normalized spacial score (nSPS) is 11.5. The molecule has 3 nitrogen and oxygen atoms in total. The Morgan fingerprint density at radius 1 is 1.33 bits per heavy atom. The number of nitrogens with two attached hydrogens (primary N) is 1. The molecule has 0 saturated heterocycles. The van der Waals surface area contributed by atoms with E-state index in [-0.39, 0.29) is 0 Å². The largest absolute Gasteiger partial charge is 0.370 e. The Balaban J connectivity index is 3.03. The quantitative estimate of drug-likeness (QED) is 0.607. The van der Waals surface area contributed by atoms with Crippen LogP contribution in [0.3, 0.4) is 0 Å². The van der Waals surface area contributed by atoms with Crippen molar-refractivity contribution in [2.45, 2.75) is 20.8 Å². The third-order valence-corrected chi connectivity index (χ3v) is 2.32. The molecule has 0 amide bonds. The van der Waals surface area contributed by atoms with E-state index < -0.39 is 0 Å². The van der Waals surface area contributed by atoms with E-state index in [1.807, 2.05) is 24.0 Å². The molecule has 0 heterocycles. The van der Waals surface area contributed by atoms with E-state index >= 15 is 0 Å². The molecule has 2 N–H and O–H groups in total. The molecular formula is C12H19N3. The maximum atomic E-state index is 5.92. The van der Waals surface area contributed by atoms with E-state index in [0.717, 1.165) is 12.2 Å². The van der Waals surface area contributed by atoms with Crippen molar-refractivity contribution in [3.05, 3.63) is 29.8 Å². The van der Waals surface area contributed by atoms with Gasteiger partial charge in [0.15, 0.2) is 5.96 Å². The molecule has 0 atom stereocenters. The van der Waals surface area contributed by atoms with E-state index in [2.05, 4.69) is 31.0 Å². The fourth-order valence-electron chi connectivity index (χ4n) is 1.57. The second-order valence-corrected chi connectivity index (χ2v) is 3.36. The van der Waals surface area contributed by atoms with Crippen LogP contribution in [0.5, 0.6) is 0 Å². The van der Waals surface area contributed by atoms with Crippen LogP contribution in [0, 0.1) is 6.92 Å². The van der Waals surface area contributed by atoms with Gasteiger partial charge in [0, 0.05) is 18.8 Å². The molecule has 3 heteroatoms. The van der Waals surface area contributed by atoms with Gasteiger partial charge in [0.05, 0.1) is 0 Å². The Bertz CT molecular complexity index is 344. The molecule has 0 bridgehead atoms. The lowest BCUT2D eigenvalue weighted by Gasteiger charge is -2.23. The highest BCUT2D eigenvalue weighted by Gasteiger charge is 2.09. The second kappa shape index (κ2) is 5.39. The Morgan fingerprint density at radius 2 is 2.00 bits per heavy atom. The zero-order chi connectivity index (χ0) is 11.3. The summed E-state index contributed by atoms with van der Waals surface area (Å²) in [4.78, 5) is 6.26. The third-order valence-electron chi connectivity index (χ3n) is 2.32. The molecule has 15 heavy (non-hydrogen) atoms. The summed E-state index contributed by atoms with van der Waals surface area (Å²) in [6.45, 7) is 7.69.